The average molecular weight is 346 g/mol. The third-order valence-electron chi connectivity index (χ3n) is 4.27. The van der Waals surface area contributed by atoms with E-state index < -0.39 is 5.97 Å². The summed E-state index contributed by atoms with van der Waals surface area (Å²) in [6.45, 7) is 3.72. The highest BCUT2D eigenvalue weighted by Crippen LogP contribution is 2.20. The van der Waals surface area contributed by atoms with Crippen molar-refractivity contribution in [2.75, 3.05) is 39.8 Å². The molecule has 1 saturated heterocycles. The lowest BCUT2D eigenvalue weighted by molar-refractivity contribution is -0.138. The zero-order valence-corrected chi connectivity index (χ0v) is 14.4. The van der Waals surface area contributed by atoms with Gasteiger partial charge in [0.25, 0.3) is 5.91 Å². The van der Waals surface area contributed by atoms with Crippen LogP contribution in [0.4, 0.5) is 0 Å². The summed E-state index contributed by atoms with van der Waals surface area (Å²) in [6, 6.07) is 5.83. The van der Waals surface area contributed by atoms with Crippen molar-refractivity contribution in [3.63, 3.8) is 0 Å². The maximum absolute atomic E-state index is 12.9. The molecule has 2 N–H and O–H groups in total. The van der Waals surface area contributed by atoms with Gasteiger partial charge in [-0.25, -0.2) is 0 Å². The number of morpholine rings is 1. The summed E-state index contributed by atoms with van der Waals surface area (Å²) in [4.78, 5) is 27.0. The number of fused-ring (bicyclic) bond motifs is 1. The quantitative estimate of drug-likeness (QED) is 0.828. The van der Waals surface area contributed by atoms with E-state index in [-0.39, 0.29) is 18.6 Å². The van der Waals surface area contributed by atoms with Crippen molar-refractivity contribution in [2.24, 2.45) is 0 Å². The number of hydrogen-bond donors (Lipinski definition) is 2. The second-order valence-electron chi connectivity index (χ2n) is 6.46. The fraction of sp³-hybridized carbons (Fsp3) is 0.471. The number of aliphatic carboxylic acids is 1. The highest BCUT2D eigenvalue weighted by Gasteiger charge is 2.28. The van der Waals surface area contributed by atoms with E-state index in [1.165, 1.54) is 0 Å². The lowest BCUT2D eigenvalue weighted by Crippen LogP contribution is -2.49. The van der Waals surface area contributed by atoms with Gasteiger partial charge in [0.15, 0.2) is 5.69 Å². The molecule has 2 aromatic rings. The van der Waals surface area contributed by atoms with Crippen LogP contribution < -0.4 is 0 Å². The number of ether oxygens (including phenoxy) is 1. The molecule has 0 aliphatic carbocycles. The van der Waals surface area contributed by atoms with Crippen molar-refractivity contribution in [1.82, 2.24) is 20.0 Å². The van der Waals surface area contributed by atoms with Gasteiger partial charge in [0.2, 0.25) is 0 Å². The molecule has 1 atom stereocenters. The number of rotatable bonds is 5. The minimum Gasteiger partial charge on any atom is -0.480 e. The molecular formula is C17H22N4O4. The van der Waals surface area contributed by atoms with Crippen molar-refractivity contribution in [3.05, 3.63) is 29.5 Å². The molecule has 0 bridgehead atoms. The fourth-order valence-electron chi connectivity index (χ4n) is 3.10. The Morgan fingerprint density at radius 1 is 1.48 bits per heavy atom. The largest absolute Gasteiger partial charge is 0.480 e. The number of aromatic nitrogens is 2. The van der Waals surface area contributed by atoms with E-state index in [2.05, 4.69) is 10.2 Å². The molecule has 2 heterocycles. The van der Waals surface area contributed by atoms with E-state index in [9.17, 15) is 9.59 Å². The summed E-state index contributed by atoms with van der Waals surface area (Å²) in [5.74, 6) is -1.02. The van der Waals surface area contributed by atoms with Crippen LogP contribution in [0.15, 0.2) is 18.2 Å². The first-order valence-electron chi connectivity index (χ1n) is 8.20. The normalized spacial score (nSPS) is 18.0. The molecule has 0 saturated carbocycles. The standard InChI is InChI=1S/C17H22N4O4/c1-11-3-4-14-13(7-11)16(19-18-14)17(24)21-5-6-25-12(9-21)8-20(2)10-15(22)23/h3-4,7,12H,5-6,8-10H2,1-2H3,(H,18,19)(H,22,23). The summed E-state index contributed by atoms with van der Waals surface area (Å²) in [5.41, 5.74) is 2.32. The first-order chi connectivity index (χ1) is 11.9. The number of carboxylic acids is 1. The van der Waals surface area contributed by atoms with Crippen LogP contribution in [0.3, 0.4) is 0 Å². The molecule has 134 valence electrons. The van der Waals surface area contributed by atoms with E-state index in [0.717, 1.165) is 16.5 Å². The Labute approximate surface area is 145 Å². The Bertz CT molecular complexity index is 788. The summed E-state index contributed by atoms with van der Waals surface area (Å²) in [7, 11) is 1.72. The van der Waals surface area contributed by atoms with Gasteiger partial charge >= 0.3 is 5.97 Å². The molecule has 1 aliphatic rings. The predicted octanol–water partition coefficient (Wildman–Crippen LogP) is 0.729. The van der Waals surface area contributed by atoms with Crippen molar-refractivity contribution in [1.29, 1.82) is 0 Å². The molecule has 1 amide bonds. The minimum absolute atomic E-state index is 0.0584. The number of likely N-dealkylation sites (N-methyl/N-ethyl adjacent to an activating group) is 1. The van der Waals surface area contributed by atoms with Gasteiger partial charge in [0.1, 0.15) is 0 Å². The molecule has 0 radical (unpaired) electrons. The van der Waals surface area contributed by atoms with Gasteiger partial charge in [-0.15, -0.1) is 0 Å². The second kappa shape index (κ2) is 7.20. The number of nitrogens with zero attached hydrogens (tertiary/aromatic N) is 3. The highest BCUT2D eigenvalue weighted by atomic mass is 16.5. The number of amides is 1. The minimum atomic E-state index is -0.885. The van der Waals surface area contributed by atoms with E-state index in [1.54, 1.807) is 16.8 Å². The van der Waals surface area contributed by atoms with Crippen LogP contribution in [0, 0.1) is 6.92 Å². The number of H-pyrrole nitrogens is 1. The number of aryl methyl sites for hydroxylation is 1. The molecule has 3 rings (SSSR count). The fourth-order valence-corrected chi connectivity index (χ4v) is 3.10. The molecule has 1 aliphatic heterocycles. The van der Waals surface area contributed by atoms with Crippen molar-refractivity contribution < 1.29 is 19.4 Å². The van der Waals surface area contributed by atoms with Gasteiger partial charge < -0.3 is 14.7 Å². The third kappa shape index (κ3) is 3.97. The Balaban J connectivity index is 1.71. The number of carbonyl (C=O) groups is 2. The summed E-state index contributed by atoms with van der Waals surface area (Å²) in [6.07, 6.45) is -0.214. The monoisotopic (exact) mass is 346 g/mol. The predicted molar refractivity (Wildman–Crippen MR) is 91.6 cm³/mol. The summed E-state index contributed by atoms with van der Waals surface area (Å²) >= 11 is 0. The van der Waals surface area contributed by atoms with Crippen LogP contribution in [-0.2, 0) is 9.53 Å². The molecule has 8 heteroatoms. The van der Waals surface area contributed by atoms with Gasteiger partial charge in [-0.05, 0) is 26.1 Å². The van der Waals surface area contributed by atoms with Gasteiger partial charge in [0, 0.05) is 25.0 Å². The van der Waals surface area contributed by atoms with E-state index >= 15 is 0 Å². The van der Waals surface area contributed by atoms with Gasteiger partial charge in [-0.3, -0.25) is 19.6 Å². The summed E-state index contributed by atoms with van der Waals surface area (Å²) < 4.78 is 5.68. The van der Waals surface area contributed by atoms with Crippen LogP contribution in [-0.4, -0.2) is 82.9 Å². The number of hydrogen-bond acceptors (Lipinski definition) is 5. The van der Waals surface area contributed by atoms with E-state index in [4.69, 9.17) is 9.84 Å². The summed E-state index contributed by atoms with van der Waals surface area (Å²) in [5, 5.41) is 16.7. The maximum Gasteiger partial charge on any atom is 0.317 e. The van der Waals surface area contributed by atoms with Gasteiger partial charge in [-0.1, -0.05) is 11.6 Å². The first kappa shape index (κ1) is 17.4. The number of carboxylic acid groups (broad SMARTS) is 1. The molecule has 1 aromatic heterocycles. The van der Waals surface area contributed by atoms with Crippen molar-refractivity contribution in [3.8, 4) is 0 Å². The lowest BCUT2D eigenvalue weighted by Gasteiger charge is -2.34. The Kier molecular flexibility index (Phi) is 5.00. The van der Waals surface area contributed by atoms with Crippen LogP contribution in [0.1, 0.15) is 16.1 Å². The van der Waals surface area contributed by atoms with E-state index in [1.807, 2.05) is 25.1 Å². The second-order valence-corrected chi connectivity index (χ2v) is 6.46. The van der Waals surface area contributed by atoms with Crippen molar-refractivity contribution in [2.45, 2.75) is 13.0 Å². The van der Waals surface area contributed by atoms with Crippen molar-refractivity contribution >= 4 is 22.8 Å². The topological polar surface area (TPSA) is 98.8 Å². The van der Waals surface area contributed by atoms with Gasteiger partial charge in [-0.2, -0.15) is 5.10 Å². The number of aromatic amines is 1. The van der Waals surface area contributed by atoms with Crippen LogP contribution >= 0.6 is 0 Å². The molecular weight excluding hydrogens is 324 g/mol. The number of nitrogens with one attached hydrogen (secondary N) is 1. The average Bonchev–Trinajstić information content (AvgIpc) is 2.96. The maximum atomic E-state index is 12.9. The first-order valence-corrected chi connectivity index (χ1v) is 8.20. The SMILES string of the molecule is Cc1ccc2[nH]nc(C(=O)N3CCOC(CN(C)CC(=O)O)C3)c2c1. The Hall–Kier alpha value is -2.45. The Morgan fingerprint density at radius 2 is 2.28 bits per heavy atom. The number of carbonyl (C=O) groups excluding carboxylic acids is 1. The van der Waals surface area contributed by atoms with Crippen LogP contribution in [0.25, 0.3) is 10.9 Å². The molecule has 1 aromatic carbocycles. The van der Waals surface area contributed by atoms with E-state index in [0.29, 0.717) is 31.9 Å². The van der Waals surface area contributed by atoms with Crippen LogP contribution in [0.2, 0.25) is 0 Å². The molecule has 1 fully saturated rings. The Morgan fingerprint density at radius 3 is 3.04 bits per heavy atom. The zero-order chi connectivity index (χ0) is 18.0. The molecule has 1 unspecified atom stereocenters. The third-order valence-corrected chi connectivity index (χ3v) is 4.27. The molecule has 8 nitrogen and oxygen atoms in total. The van der Waals surface area contributed by atoms with Crippen LogP contribution in [0.5, 0.6) is 0 Å². The van der Waals surface area contributed by atoms with Gasteiger partial charge in [0.05, 0.1) is 24.8 Å². The zero-order valence-electron chi connectivity index (χ0n) is 14.4. The lowest BCUT2D eigenvalue weighted by atomic mass is 10.1. The smallest absolute Gasteiger partial charge is 0.317 e. The molecule has 0 spiro atoms. The highest BCUT2D eigenvalue weighted by molar-refractivity contribution is 6.04. The number of benzene rings is 1. The molecule has 25 heavy (non-hydrogen) atoms.